The van der Waals surface area contributed by atoms with Gasteiger partial charge in [0.25, 0.3) is 0 Å². The number of phenols is 1. The van der Waals surface area contributed by atoms with Crippen molar-refractivity contribution in [1.29, 1.82) is 0 Å². The molecule has 0 atom stereocenters. The lowest BCUT2D eigenvalue weighted by atomic mass is 9.78. The van der Waals surface area contributed by atoms with Crippen molar-refractivity contribution in [3.8, 4) is 5.75 Å². The van der Waals surface area contributed by atoms with Crippen LogP contribution in [0.2, 0.25) is 0 Å². The number of rotatable bonds is 2. The highest BCUT2D eigenvalue weighted by Crippen LogP contribution is 2.40. The molecular weight excluding hydrogens is 220 g/mol. The van der Waals surface area contributed by atoms with Crippen molar-refractivity contribution in [2.24, 2.45) is 0 Å². The lowest BCUT2D eigenvalue weighted by Crippen LogP contribution is -2.17. The Bertz CT molecular complexity index is 381. The van der Waals surface area contributed by atoms with Gasteiger partial charge in [-0.25, -0.2) is 0 Å². The minimum Gasteiger partial charge on any atom is -0.507 e. The zero-order valence-electron chi connectivity index (χ0n) is 12.9. The van der Waals surface area contributed by atoms with Crippen molar-refractivity contribution in [3.05, 3.63) is 35.2 Å². The Labute approximate surface area is 112 Å². The summed E-state index contributed by atoms with van der Waals surface area (Å²) in [7, 11) is 0. The van der Waals surface area contributed by atoms with Gasteiger partial charge in [0.15, 0.2) is 0 Å². The summed E-state index contributed by atoms with van der Waals surface area (Å²) in [6.07, 6.45) is 3.22. The van der Waals surface area contributed by atoms with Crippen LogP contribution in [0.25, 0.3) is 0 Å². The number of hydrogen-bond acceptors (Lipinski definition) is 1. The van der Waals surface area contributed by atoms with E-state index in [0.717, 1.165) is 17.5 Å². The standard InChI is InChI=1S/C17H27O/c1-8-9-12-10-13(16(2,3)4)15(18)14(11-12)17(5,6)7/h9-11,18H,8H2,1-7H3. The fourth-order valence-electron chi connectivity index (χ4n) is 2.15. The number of hydrogen-bond donors (Lipinski definition) is 1. The van der Waals surface area contributed by atoms with Gasteiger partial charge in [-0.15, -0.1) is 0 Å². The third-order valence-corrected chi connectivity index (χ3v) is 3.19. The first-order chi connectivity index (χ1) is 8.07. The molecule has 1 aromatic rings. The van der Waals surface area contributed by atoms with E-state index in [1.165, 1.54) is 5.56 Å². The Kier molecular flexibility index (Phi) is 4.15. The third kappa shape index (κ3) is 3.28. The monoisotopic (exact) mass is 247 g/mol. The van der Waals surface area contributed by atoms with E-state index in [0.29, 0.717) is 5.75 Å². The normalized spacial score (nSPS) is 12.8. The predicted molar refractivity (Wildman–Crippen MR) is 79.2 cm³/mol. The number of phenolic OH excluding ortho intramolecular Hbond substituents is 1. The molecular formula is C17H27O. The van der Waals surface area contributed by atoms with E-state index in [9.17, 15) is 5.11 Å². The molecule has 0 aromatic heterocycles. The molecule has 18 heavy (non-hydrogen) atoms. The van der Waals surface area contributed by atoms with Crippen molar-refractivity contribution in [1.82, 2.24) is 0 Å². The molecule has 0 saturated carbocycles. The Morgan fingerprint density at radius 2 is 1.33 bits per heavy atom. The summed E-state index contributed by atoms with van der Waals surface area (Å²) in [6.45, 7) is 15.0. The van der Waals surface area contributed by atoms with Crippen molar-refractivity contribution in [2.75, 3.05) is 0 Å². The molecule has 0 bridgehead atoms. The van der Waals surface area contributed by atoms with Gasteiger partial charge in [0.1, 0.15) is 5.75 Å². The van der Waals surface area contributed by atoms with Crippen LogP contribution >= 0.6 is 0 Å². The molecule has 0 unspecified atom stereocenters. The lowest BCUT2D eigenvalue weighted by Gasteiger charge is -2.28. The summed E-state index contributed by atoms with van der Waals surface area (Å²) < 4.78 is 0. The van der Waals surface area contributed by atoms with Gasteiger partial charge in [-0.2, -0.15) is 0 Å². The summed E-state index contributed by atoms with van der Waals surface area (Å²) in [5, 5.41) is 10.5. The van der Waals surface area contributed by atoms with Crippen LogP contribution in [0.15, 0.2) is 12.1 Å². The number of benzene rings is 1. The molecule has 1 heteroatoms. The Morgan fingerprint density at radius 1 is 0.944 bits per heavy atom. The zero-order valence-corrected chi connectivity index (χ0v) is 12.9. The fraction of sp³-hybridized carbons (Fsp3) is 0.588. The van der Waals surface area contributed by atoms with E-state index in [-0.39, 0.29) is 10.8 Å². The van der Waals surface area contributed by atoms with Gasteiger partial charge in [0.05, 0.1) is 0 Å². The van der Waals surface area contributed by atoms with Crippen LogP contribution in [-0.2, 0) is 10.8 Å². The van der Waals surface area contributed by atoms with Crippen LogP contribution in [0, 0.1) is 6.42 Å². The molecule has 0 aliphatic heterocycles. The maximum Gasteiger partial charge on any atom is 0.123 e. The minimum atomic E-state index is -0.0400. The SMILES string of the molecule is CC[CH]c1cc(C(C)(C)C)c(O)c(C(C)(C)C)c1. The highest BCUT2D eigenvalue weighted by atomic mass is 16.3. The molecule has 0 aliphatic carbocycles. The third-order valence-electron chi connectivity index (χ3n) is 3.19. The largest absolute Gasteiger partial charge is 0.507 e. The molecule has 0 heterocycles. The van der Waals surface area contributed by atoms with E-state index in [1.54, 1.807) is 0 Å². The van der Waals surface area contributed by atoms with Gasteiger partial charge in [-0.3, -0.25) is 0 Å². The maximum absolute atomic E-state index is 10.5. The van der Waals surface area contributed by atoms with Gasteiger partial charge in [0.2, 0.25) is 0 Å². The molecule has 1 nitrogen and oxygen atoms in total. The quantitative estimate of drug-likeness (QED) is 0.784. The highest BCUT2D eigenvalue weighted by molar-refractivity contribution is 5.51. The Morgan fingerprint density at radius 3 is 1.61 bits per heavy atom. The molecule has 101 valence electrons. The Balaban J connectivity index is 3.48. The maximum atomic E-state index is 10.5. The number of aromatic hydroxyl groups is 1. The average Bonchev–Trinajstić information content (AvgIpc) is 2.17. The van der Waals surface area contributed by atoms with E-state index in [1.807, 2.05) is 0 Å². The van der Waals surface area contributed by atoms with Crippen molar-refractivity contribution >= 4 is 0 Å². The van der Waals surface area contributed by atoms with Crippen LogP contribution in [-0.4, -0.2) is 5.11 Å². The topological polar surface area (TPSA) is 20.2 Å². The summed E-state index contributed by atoms with van der Waals surface area (Å²) in [6, 6.07) is 4.24. The van der Waals surface area contributed by atoms with Crippen LogP contribution in [0.3, 0.4) is 0 Å². The van der Waals surface area contributed by atoms with E-state index in [4.69, 9.17) is 0 Å². The first-order valence-corrected chi connectivity index (χ1v) is 6.78. The Hall–Kier alpha value is -0.980. The average molecular weight is 247 g/mol. The fourth-order valence-corrected chi connectivity index (χ4v) is 2.15. The van der Waals surface area contributed by atoms with Crippen molar-refractivity contribution in [2.45, 2.75) is 65.7 Å². The second kappa shape index (κ2) is 4.95. The molecule has 1 radical (unpaired) electrons. The molecule has 0 amide bonds. The van der Waals surface area contributed by atoms with Crippen LogP contribution in [0.5, 0.6) is 5.75 Å². The first-order valence-electron chi connectivity index (χ1n) is 6.78. The molecule has 0 aliphatic rings. The van der Waals surface area contributed by atoms with Crippen molar-refractivity contribution in [3.63, 3.8) is 0 Å². The second-order valence-electron chi connectivity index (χ2n) is 7.08. The zero-order chi connectivity index (χ0) is 14.1. The van der Waals surface area contributed by atoms with Gasteiger partial charge in [-0.05, 0) is 40.4 Å². The lowest BCUT2D eigenvalue weighted by molar-refractivity contribution is 0.423. The summed E-state index contributed by atoms with van der Waals surface area (Å²) >= 11 is 0. The molecule has 1 rings (SSSR count). The van der Waals surface area contributed by atoms with Gasteiger partial charge in [0, 0.05) is 0 Å². The summed E-state index contributed by atoms with van der Waals surface area (Å²) in [5.41, 5.74) is 3.21. The summed E-state index contributed by atoms with van der Waals surface area (Å²) in [5.74, 6) is 0.461. The molecule has 0 saturated heterocycles. The van der Waals surface area contributed by atoms with E-state index < -0.39 is 0 Å². The molecule has 1 aromatic carbocycles. The van der Waals surface area contributed by atoms with Crippen LogP contribution in [0.1, 0.15) is 71.6 Å². The molecule has 1 N–H and O–H groups in total. The minimum absolute atomic E-state index is 0.0400. The van der Waals surface area contributed by atoms with Crippen LogP contribution in [0.4, 0.5) is 0 Å². The predicted octanol–water partition coefficient (Wildman–Crippen LogP) is 4.95. The highest BCUT2D eigenvalue weighted by Gasteiger charge is 2.26. The first kappa shape index (κ1) is 15.1. The summed E-state index contributed by atoms with van der Waals surface area (Å²) in [4.78, 5) is 0. The van der Waals surface area contributed by atoms with Crippen LogP contribution < -0.4 is 0 Å². The van der Waals surface area contributed by atoms with E-state index >= 15 is 0 Å². The molecule has 0 spiro atoms. The van der Waals surface area contributed by atoms with Crippen molar-refractivity contribution < 1.29 is 5.11 Å². The van der Waals surface area contributed by atoms with Gasteiger partial charge >= 0.3 is 0 Å². The second-order valence-corrected chi connectivity index (χ2v) is 7.08. The van der Waals surface area contributed by atoms with E-state index in [2.05, 4.69) is 67.0 Å². The molecule has 0 fully saturated rings. The van der Waals surface area contributed by atoms with Gasteiger partial charge in [-0.1, -0.05) is 60.6 Å². The smallest absolute Gasteiger partial charge is 0.123 e. The van der Waals surface area contributed by atoms with Gasteiger partial charge < -0.3 is 5.11 Å².